The van der Waals surface area contributed by atoms with Crippen LogP contribution in [0, 0.1) is 17.8 Å². The molecule has 25 heavy (non-hydrogen) atoms. The quantitative estimate of drug-likeness (QED) is 0.747. The minimum atomic E-state index is -0.172. The number of rotatable bonds is 6. The Balaban J connectivity index is 1.33. The number of ether oxygens (including phenoxy) is 2. The number of esters is 1. The maximum atomic E-state index is 12.1. The van der Waals surface area contributed by atoms with Crippen LogP contribution in [0.4, 0.5) is 0 Å². The molecule has 2 saturated carbocycles. The average Bonchev–Trinajstić information content (AvgIpc) is 3.36. The summed E-state index contributed by atoms with van der Waals surface area (Å²) in [6, 6.07) is 7.44. The number of carbonyl (C=O) groups excluding carboxylic acids is 1. The van der Waals surface area contributed by atoms with Gasteiger partial charge in [-0.25, -0.2) is 0 Å². The van der Waals surface area contributed by atoms with E-state index in [1.54, 1.807) is 7.11 Å². The van der Waals surface area contributed by atoms with E-state index in [0.717, 1.165) is 17.4 Å². The largest absolute Gasteiger partial charge is 0.496 e. The Kier molecular flexibility index (Phi) is 4.42. The lowest BCUT2D eigenvalue weighted by Crippen LogP contribution is -2.17. The molecule has 0 amide bonds. The summed E-state index contributed by atoms with van der Waals surface area (Å²) >= 11 is 0. The Morgan fingerprint density at radius 1 is 1.28 bits per heavy atom. The summed E-state index contributed by atoms with van der Waals surface area (Å²) in [4.78, 5) is 16.4. The zero-order valence-electron chi connectivity index (χ0n) is 14.3. The van der Waals surface area contributed by atoms with E-state index in [4.69, 9.17) is 14.0 Å². The highest BCUT2D eigenvalue weighted by atomic mass is 16.6. The third-order valence-electron chi connectivity index (χ3n) is 5.49. The summed E-state index contributed by atoms with van der Waals surface area (Å²) in [5, 5.41) is 3.95. The highest BCUT2D eigenvalue weighted by Gasteiger charge is 2.40. The lowest BCUT2D eigenvalue weighted by atomic mass is 9.86. The van der Waals surface area contributed by atoms with Crippen molar-refractivity contribution in [3.05, 3.63) is 30.2 Å². The van der Waals surface area contributed by atoms with Crippen LogP contribution in [0.15, 0.2) is 28.8 Å². The van der Waals surface area contributed by atoms with Crippen molar-refractivity contribution >= 4 is 5.97 Å². The summed E-state index contributed by atoms with van der Waals surface area (Å²) in [6.45, 7) is 0.0157. The van der Waals surface area contributed by atoms with Gasteiger partial charge in [0.05, 0.1) is 12.7 Å². The molecule has 1 aromatic heterocycles. The van der Waals surface area contributed by atoms with Gasteiger partial charge in [-0.05, 0) is 49.1 Å². The van der Waals surface area contributed by atoms with Crippen molar-refractivity contribution in [1.82, 2.24) is 10.1 Å². The minimum absolute atomic E-state index is 0.0157. The van der Waals surface area contributed by atoms with Crippen LogP contribution in [-0.4, -0.2) is 23.2 Å². The first-order chi connectivity index (χ1) is 12.2. The second kappa shape index (κ2) is 6.86. The SMILES string of the molecule is COc1ccccc1-c1noc(COC(=O)C[C@@H]2C[C@@H]3CC[C@@H]2C3)n1. The molecule has 2 aromatic rings. The zero-order chi connectivity index (χ0) is 17.2. The van der Waals surface area contributed by atoms with Crippen molar-refractivity contribution in [2.75, 3.05) is 7.11 Å². The van der Waals surface area contributed by atoms with Crippen molar-refractivity contribution in [2.45, 2.75) is 38.7 Å². The predicted octanol–water partition coefficient (Wildman–Crippen LogP) is 3.61. The lowest BCUT2D eigenvalue weighted by Gasteiger charge is -2.20. The summed E-state index contributed by atoms with van der Waals surface area (Å²) in [5.41, 5.74) is 0.744. The average molecular weight is 342 g/mol. The second-order valence-electron chi connectivity index (χ2n) is 7.01. The normalized spacial score (nSPS) is 24.4. The van der Waals surface area contributed by atoms with Crippen molar-refractivity contribution in [2.24, 2.45) is 17.8 Å². The molecular formula is C19H22N2O4. The maximum absolute atomic E-state index is 12.1. The van der Waals surface area contributed by atoms with Crippen LogP contribution in [0.2, 0.25) is 0 Å². The Morgan fingerprint density at radius 3 is 2.92 bits per heavy atom. The smallest absolute Gasteiger partial charge is 0.306 e. The number of hydrogen-bond acceptors (Lipinski definition) is 6. The summed E-state index contributed by atoms with van der Waals surface area (Å²) in [5.74, 6) is 3.27. The second-order valence-corrected chi connectivity index (χ2v) is 7.01. The molecule has 2 bridgehead atoms. The van der Waals surface area contributed by atoms with Crippen molar-refractivity contribution in [3.8, 4) is 17.1 Å². The van der Waals surface area contributed by atoms with Crippen LogP contribution < -0.4 is 4.74 Å². The fourth-order valence-electron chi connectivity index (χ4n) is 4.29. The first-order valence-electron chi connectivity index (χ1n) is 8.84. The number of hydrogen-bond donors (Lipinski definition) is 0. The van der Waals surface area contributed by atoms with E-state index < -0.39 is 0 Å². The monoisotopic (exact) mass is 342 g/mol. The van der Waals surface area contributed by atoms with Gasteiger partial charge in [-0.1, -0.05) is 23.7 Å². The van der Waals surface area contributed by atoms with Gasteiger partial charge < -0.3 is 14.0 Å². The van der Waals surface area contributed by atoms with E-state index >= 15 is 0 Å². The van der Waals surface area contributed by atoms with Crippen LogP contribution in [0.1, 0.15) is 38.0 Å². The van der Waals surface area contributed by atoms with Gasteiger partial charge in [0.2, 0.25) is 5.82 Å². The molecule has 4 rings (SSSR count). The summed E-state index contributed by atoms with van der Waals surface area (Å²) < 4.78 is 15.8. The van der Waals surface area contributed by atoms with E-state index in [-0.39, 0.29) is 12.6 Å². The molecule has 1 heterocycles. The number of methoxy groups -OCH3 is 1. The molecule has 0 N–H and O–H groups in total. The minimum Gasteiger partial charge on any atom is -0.496 e. The molecule has 0 unspecified atom stereocenters. The standard InChI is InChI=1S/C19H22N2O4/c1-23-16-5-3-2-4-15(16)19-20-17(25-21-19)11-24-18(22)10-14-9-12-6-7-13(14)8-12/h2-5,12-14H,6-11H2,1H3/t12-,13-,14+/m1/s1. The van der Waals surface area contributed by atoms with Crippen molar-refractivity contribution in [1.29, 1.82) is 0 Å². The van der Waals surface area contributed by atoms with Crippen LogP contribution in [0.3, 0.4) is 0 Å². The number of carbonyl (C=O) groups is 1. The molecule has 1 aromatic carbocycles. The number of nitrogens with zero attached hydrogens (tertiary/aromatic N) is 2. The Bertz CT molecular complexity index is 757. The van der Waals surface area contributed by atoms with Crippen LogP contribution >= 0.6 is 0 Å². The highest BCUT2D eigenvalue weighted by Crippen LogP contribution is 2.49. The molecule has 6 heteroatoms. The summed E-state index contributed by atoms with van der Waals surface area (Å²) in [7, 11) is 1.59. The van der Waals surface area contributed by atoms with Gasteiger partial charge in [-0.2, -0.15) is 4.98 Å². The van der Waals surface area contributed by atoms with Gasteiger partial charge in [-0.3, -0.25) is 4.79 Å². The Morgan fingerprint density at radius 2 is 2.16 bits per heavy atom. The van der Waals surface area contributed by atoms with E-state index in [9.17, 15) is 4.79 Å². The van der Waals surface area contributed by atoms with Crippen LogP contribution in [-0.2, 0) is 16.1 Å². The number of aromatic nitrogens is 2. The molecule has 3 atom stereocenters. The maximum Gasteiger partial charge on any atom is 0.306 e. The van der Waals surface area contributed by atoms with Gasteiger partial charge in [0.15, 0.2) is 6.61 Å². The highest BCUT2D eigenvalue weighted by molar-refractivity contribution is 5.69. The Labute approximate surface area is 146 Å². The molecule has 0 spiro atoms. The van der Waals surface area contributed by atoms with E-state index in [2.05, 4.69) is 10.1 Å². The van der Waals surface area contributed by atoms with E-state index in [1.807, 2.05) is 24.3 Å². The fourth-order valence-corrected chi connectivity index (χ4v) is 4.29. The van der Waals surface area contributed by atoms with Crippen molar-refractivity contribution in [3.63, 3.8) is 0 Å². The third kappa shape index (κ3) is 3.38. The summed E-state index contributed by atoms with van der Waals surface area (Å²) in [6.07, 6.45) is 5.59. The van der Waals surface area contributed by atoms with Gasteiger partial charge in [0.1, 0.15) is 5.75 Å². The molecule has 2 aliphatic carbocycles. The van der Waals surface area contributed by atoms with Crippen LogP contribution in [0.5, 0.6) is 5.75 Å². The molecule has 0 aliphatic heterocycles. The molecule has 0 radical (unpaired) electrons. The predicted molar refractivity (Wildman–Crippen MR) is 89.6 cm³/mol. The van der Waals surface area contributed by atoms with Gasteiger partial charge in [0, 0.05) is 6.42 Å². The van der Waals surface area contributed by atoms with Gasteiger partial charge >= 0.3 is 5.97 Å². The van der Waals surface area contributed by atoms with Crippen LogP contribution in [0.25, 0.3) is 11.4 Å². The van der Waals surface area contributed by atoms with Gasteiger partial charge in [0.25, 0.3) is 5.89 Å². The zero-order valence-corrected chi connectivity index (χ0v) is 14.3. The number of fused-ring (bicyclic) bond motifs is 2. The topological polar surface area (TPSA) is 74.5 Å². The van der Waals surface area contributed by atoms with Gasteiger partial charge in [-0.15, -0.1) is 0 Å². The van der Waals surface area contributed by atoms with Crippen molar-refractivity contribution < 1.29 is 18.8 Å². The number of para-hydroxylation sites is 1. The number of benzene rings is 1. The lowest BCUT2D eigenvalue weighted by molar-refractivity contribution is -0.147. The first-order valence-corrected chi connectivity index (χ1v) is 8.84. The fraction of sp³-hybridized carbons (Fsp3) is 0.526. The molecule has 0 saturated heterocycles. The third-order valence-corrected chi connectivity index (χ3v) is 5.49. The molecule has 132 valence electrons. The van der Waals surface area contributed by atoms with E-state index in [0.29, 0.717) is 29.8 Å². The first kappa shape index (κ1) is 16.1. The van der Waals surface area contributed by atoms with E-state index in [1.165, 1.54) is 25.7 Å². The molecule has 2 fully saturated rings. The molecular weight excluding hydrogens is 320 g/mol. The Hall–Kier alpha value is -2.37. The molecule has 6 nitrogen and oxygen atoms in total. The molecule has 2 aliphatic rings.